The Balaban J connectivity index is 2.08. The molecule has 2 rings (SSSR count). The lowest BCUT2D eigenvalue weighted by atomic mass is 10.1. The fourth-order valence-electron chi connectivity index (χ4n) is 2.48. The van der Waals surface area contributed by atoms with E-state index < -0.39 is 11.9 Å². The van der Waals surface area contributed by atoms with Crippen LogP contribution in [0.3, 0.4) is 0 Å². The summed E-state index contributed by atoms with van der Waals surface area (Å²) in [6.45, 7) is 3.71. The molecule has 1 N–H and O–H groups in total. The fourth-order valence-corrected chi connectivity index (χ4v) is 3.17. The molecule has 0 spiro atoms. The first-order valence-electron chi connectivity index (χ1n) is 9.00. The number of esters is 1. The molecular formula is C22H21IN2O4. The zero-order chi connectivity index (χ0) is 21.2. The van der Waals surface area contributed by atoms with E-state index in [0.29, 0.717) is 17.9 Å². The highest BCUT2D eigenvalue weighted by atomic mass is 127. The standard InChI is InChI=1S/C22H21IN2O4/c1-3-28-21(26)14-29-20-10-9-16(12-19(20)23)11-18(13-24)22(27)25-15(2)17-7-5-4-6-8-17/h4-12,15H,3,14H2,1-2H3,(H,25,27)/b18-11-/t15-/m1/s1. The average molecular weight is 504 g/mol. The van der Waals surface area contributed by atoms with Crippen LogP contribution in [0, 0.1) is 14.9 Å². The van der Waals surface area contributed by atoms with Crippen LogP contribution < -0.4 is 10.1 Å². The lowest BCUT2D eigenvalue weighted by molar-refractivity contribution is -0.145. The lowest BCUT2D eigenvalue weighted by Crippen LogP contribution is -2.27. The summed E-state index contributed by atoms with van der Waals surface area (Å²) < 4.78 is 11.0. The lowest BCUT2D eigenvalue weighted by Gasteiger charge is -2.14. The highest BCUT2D eigenvalue weighted by Crippen LogP contribution is 2.23. The number of benzene rings is 2. The van der Waals surface area contributed by atoms with Crippen LogP contribution in [0.25, 0.3) is 6.08 Å². The van der Waals surface area contributed by atoms with E-state index in [4.69, 9.17) is 9.47 Å². The Hall–Kier alpha value is -2.86. The van der Waals surface area contributed by atoms with Crippen molar-refractivity contribution < 1.29 is 19.1 Å². The number of rotatable bonds is 8. The van der Waals surface area contributed by atoms with Gasteiger partial charge in [-0.15, -0.1) is 0 Å². The van der Waals surface area contributed by atoms with E-state index in [9.17, 15) is 14.9 Å². The molecule has 1 atom stereocenters. The molecule has 0 saturated heterocycles. The van der Waals surface area contributed by atoms with Gasteiger partial charge in [-0.25, -0.2) is 4.79 Å². The molecule has 2 aromatic carbocycles. The number of ether oxygens (including phenoxy) is 2. The molecule has 0 aromatic heterocycles. The number of hydrogen-bond acceptors (Lipinski definition) is 5. The summed E-state index contributed by atoms with van der Waals surface area (Å²) >= 11 is 2.07. The molecule has 0 aliphatic rings. The van der Waals surface area contributed by atoms with Crippen LogP contribution in [0.4, 0.5) is 0 Å². The van der Waals surface area contributed by atoms with Gasteiger partial charge in [-0.05, 0) is 65.8 Å². The predicted octanol–water partition coefficient (Wildman–Crippen LogP) is 4.02. The maximum Gasteiger partial charge on any atom is 0.344 e. The van der Waals surface area contributed by atoms with Gasteiger partial charge < -0.3 is 14.8 Å². The fraction of sp³-hybridized carbons (Fsp3) is 0.227. The molecule has 1 amide bonds. The van der Waals surface area contributed by atoms with Crippen LogP contribution in [0.15, 0.2) is 54.1 Å². The Bertz CT molecular complexity index is 936. The summed E-state index contributed by atoms with van der Waals surface area (Å²) in [6.07, 6.45) is 1.52. The third-order valence-corrected chi connectivity index (χ3v) is 4.77. The van der Waals surface area contributed by atoms with Crippen molar-refractivity contribution in [2.45, 2.75) is 19.9 Å². The number of nitriles is 1. The Morgan fingerprint density at radius 2 is 1.97 bits per heavy atom. The quantitative estimate of drug-likeness (QED) is 0.254. The van der Waals surface area contributed by atoms with Crippen LogP contribution >= 0.6 is 22.6 Å². The molecule has 0 unspecified atom stereocenters. The first-order valence-corrected chi connectivity index (χ1v) is 10.1. The first-order chi connectivity index (χ1) is 13.9. The molecule has 0 fully saturated rings. The van der Waals surface area contributed by atoms with Gasteiger partial charge in [-0.2, -0.15) is 5.26 Å². The van der Waals surface area contributed by atoms with Crippen molar-refractivity contribution in [3.8, 4) is 11.8 Å². The SMILES string of the molecule is CCOC(=O)COc1ccc(/C=C(/C#N)C(=O)N[C@H](C)c2ccccc2)cc1I. The number of amides is 1. The molecular weight excluding hydrogens is 483 g/mol. The van der Waals surface area contributed by atoms with E-state index in [1.165, 1.54) is 6.08 Å². The monoisotopic (exact) mass is 504 g/mol. The number of nitrogens with zero attached hydrogens (tertiary/aromatic N) is 1. The molecule has 0 bridgehead atoms. The number of halogens is 1. The maximum atomic E-state index is 12.5. The second-order valence-corrected chi connectivity index (χ2v) is 7.22. The van der Waals surface area contributed by atoms with E-state index in [1.54, 1.807) is 25.1 Å². The molecule has 2 aromatic rings. The molecule has 29 heavy (non-hydrogen) atoms. The summed E-state index contributed by atoms with van der Waals surface area (Å²) in [7, 11) is 0. The zero-order valence-electron chi connectivity index (χ0n) is 16.1. The van der Waals surface area contributed by atoms with Gasteiger partial charge in [-0.3, -0.25) is 4.79 Å². The number of carbonyl (C=O) groups excluding carboxylic acids is 2. The van der Waals surface area contributed by atoms with E-state index in [1.807, 2.05) is 43.3 Å². The molecule has 0 radical (unpaired) electrons. The highest BCUT2D eigenvalue weighted by Gasteiger charge is 2.14. The molecule has 0 heterocycles. The Labute approximate surface area is 183 Å². The minimum Gasteiger partial charge on any atom is -0.481 e. The Morgan fingerprint density at radius 3 is 2.59 bits per heavy atom. The summed E-state index contributed by atoms with van der Waals surface area (Å²) in [5.41, 5.74) is 1.64. The second kappa shape index (κ2) is 11.2. The minimum absolute atomic E-state index is 0.00349. The summed E-state index contributed by atoms with van der Waals surface area (Å²) in [5, 5.41) is 12.2. The van der Waals surface area contributed by atoms with E-state index in [2.05, 4.69) is 27.9 Å². The molecule has 7 heteroatoms. The summed E-state index contributed by atoms with van der Waals surface area (Å²) in [4.78, 5) is 23.9. The van der Waals surface area contributed by atoms with Crippen molar-refractivity contribution in [3.05, 3.63) is 68.8 Å². The third kappa shape index (κ3) is 6.91. The first kappa shape index (κ1) is 22.4. The van der Waals surface area contributed by atoms with Gasteiger partial charge in [0, 0.05) is 0 Å². The smallest absolute Gasteiger partial charge is 0.344 e. The minimum atomic E-state index is -0.443. The molecule has 0 saturated carbocycles. The van der Waals surface area contributed by atoms with Gasteiger partial charge in [-0.1, -0.05) is 36.4 Å². The maximum absolute atomic E-state index is 12.5. The Kier molecular flexibility index (Phi) is 8.68. The topological polar surface area (TPSA) is 88.4 Å². The van der Waals surface area contributed by atoms with Crippen molar-refractivity contribution in [2.75, 3.05) is 13.2 Å². The third-order valence-electron chi connectivity index (χ3n) is 3.93. The van der Waals surface area contributed by atoms with Gasteiger partial charge in [0.15, 0.2) is 6.61 Å². The number of nitrogens with one attached hydrogen (secondary N) is 1. The van der Waals surface area contributed by atoms with Crippen molar-refractivity contribution in [1.29, 1.82) is 5.26 Å². The van der Waals surface area contributed by atoms with Gasteiger partial charge in [0.2, 0.25) is 0 Å². The van der Waals surface area contributed by atoms with Gasteiger partial charge >= 0.3 is 5.97 Å². The van der Waals surface area contributed by atoms with Crippen molar-refractivity contribution in [2.24, 2.45) is 0 Å². The average Bonchev–Trinajstić information content (AvgIpc) is 2.72. The largest absolute Gasteiger partial charge is 0.481 e. The van der Waals surface area contributed by atoms with Gasteiger partial charge in [0.05, 0.1) is 16.2 Å². The van der Waals surface area contributed by atoms with Crippen molar-refractivity contribution in [3.63, 3.8) is 0 Å². The number of carbonyl (C=O) groups is 2. The van der Waals surface area contributed by atoms with E-state index >= 15 is 0 Å². The van der Waals surface area contributed by atoms with Crippen LogP contribution in [-0.4, -0.2) is 25.1 Å². The van der Waals surface area contributed by atoms with Crippen molar-refractivity contribution in [1.82, 2.24) is 5.32 Å². The summed E-state index contributed by atoms with van der Waals surface area (Å²) in [5.74, 6) is -0.360. The van der Waals surface area contributed by atoms with E-state index in [-0.39, 0.29) is 18.2 Å². The van der Waals surface area contributed by atoms with Crippen LogP contribution in [0.1, 0.15) is 31.0 Å². The molecule has 150 valence electrons. The second-order valence-electron chi connectivity index (χ2n) is 6.06. The molecule has 0 aliphatic heterocycles. The van der Waals surface area contributed by atoms with Crippen LogP contribution in [0.5, 0.6) is 5.75 Å². The zero-order valence-corrected chi connectivity index (χ0v) is 18.3. The van der Waals surface area contributed by atoms with E-state index in [0.717, 1.165) is 9.13 Å². The van der Waals surface area contributed by atoms with Gasteiger partial charge in [0.25, 0.3) is 5.91 Å². The Morgan fingerprint density at radius 1 is 1.24 bits per heavy atom. The predicted molar refractivity (Wildman–Crippen MR) is 118 cm³/mol. The van der Waals surface area contributed by atoms with Crippen molar-refractivity contribution >= 4 is 40.5 Å². The highest BCUT2D eigenvalue weighted by molar-refractivity contribution is 14.1. The molecule has 0 aliphatic carbocycles. The van der Waals surface area contributed by atoms with Crippen LogP contribution in [0.2, 0.25) is 0 Å². The normalized spacial score (nSPS) is 11.9. The van der Waals surface area contributed by atoms with Crippen LogP contribution in [-0.2, 0) is 14.3 Å². The number of hydrogen-bond donors (Lipinski definition) is 1. The van der Waals surface area contributed by atoms with Gasteiger partial charge in [0.1, 0.15) is 17.4 Å². The molecule has 6 nitrogen and oxygen atoms in total. The summed E-state index contributed by atoms with van der Waals surface area (Å²) in [6, 6.07) is 16.4.